The van der Waals surface area contributed by atoms with Crippen molar-refractivity contribution in [2.24, 2.45) is 10.9 Å². The van der Waals surface area contributed by atoms with Crippen LogP contribution < -0.4 is 16.0 Å². The lowest BCUT2D eigenvalue weighted by atomic mass is 9.87. The minimum Gasteiger partial charge on any atom is -0.357 e. The van der Waals surface area contributed by atoms with Gasteiger partial charge in [-0.15, -0.1) is 24.0 Å². The van der Waals surface area contributed by atoms with Crippen molar-refractivity contribution < 1.29 is 4.79 Å². The van der Waals surface area contributed by atoms with Gasteiger partial charge in [0.2, 0.25) is 5.91 Å². The first-order valence-electron chi connectivity index (χ1n) is 9.51. The summed E-state index contributed by atoms with van der Waals surface area (Å²) in [4.78, 5) is 16.6. The summed E-state index contributed by atoms with van der Waals surface area (Å²) >= 11 is 0. The van der Waals surface area contributed by atoms with E-state index < -0.39 is 0 Å². The molecule has 0 saturated heterocycles. The molecule has 3 N–H and O–H groups in total. The van der Waals surface area contributed by atoms with Crippen LogP contribution in [0.1, 0.15) is 71.6 Å². The zero-order valence-electron chi connectivity index (χ0n) is 15.3. The fourth-order valence-electron chi connectivity index (χ4n) is 3.59. The van der Waals surface area contributed by atoms with Crippen LogP contribution in [0.5, 0.6) is 0 Å². The van der Waals surface area contributed by atoms with Gasteiger partial charge in [-0.05, 0) is 51.4 Å². The van der Waals surface area contributed by atoms with Gasteiger partial charge in [-0.1, -0.05) is 26.2 Å². The van der Waals surface area contributed by atoms with Crippen LogP contribution in [-0.4, -0.2) is 37.0 Å². The van der Waals surface area contributed by atoms with E-state index in [-0.39, 0.29) is 36.4 Å². The zero-order valence-corrected chi connectivity index (χ0v) is 17.6. The molecule has 2 aliphatic rings. The van der Waals surface area contributed by atoms with Gasteiger partial charge < -0.3 is 16.0 Å². The second-order valence-corrected chi connectivity index (χ2v) is 7.20. The lowest BCUT2D eigenvalue weighted by molar-refractivity contribution is -0.120. The monoisotopic (exact) mass is 450 g/mol. The van der Waals surface area contributed by atoms with E-state index in [1.807, 2.05) is 0 Å². The molecule has 2 fully saturated rings. The quantitative estimate of drug-likeness (QED) is 0.343. The number of hydrogen-bond donors (Lipinski definition) is 3. The highest BCUT2D eigenvalue weighted by atomic mass is 127. The Morgan fingerprint density at radius 1 is 0.958 bits per heavy atom. The van der Waals surface area contributed by atoms with Crippen molar-refractivity contribution in [3.63, 3.8) is 0 Å². The third kappa shape index (κ3) is 8.03. The Bertz CT molecular complexity index is 388. The first kappa shape index (κ1) is 21.5. The van der Waals surface area contributed by atoms with E-state index in [9.17, 15) is 4.79 Å². The lowest BCUT2D eigenvalue weighted by Crippen LogP contribution is -2.45. The maximum Gasteiger partial charge on any atom is 0.242 e. The SMILES string of the molecule is CCNC(=NCC(=O)NC1CCCCC1)NC1CCC(C)CC1.I. The van der Waals surface area contributed by atoms with Crippen LogP contribution in [0.2, 0.25) is 0 Å². The molecule has 0 spiro atoms. The van der Waals surface area contributed by atoms with E-state index in [1.165, 1.54) is 44.9 Å². The van der Waals surface area contributed by atoms with Crippen molar-refractivity contribution in [2.75, 3.05) is 13.1 Å². The van der Waals surface area contributed by atoms with Crippen LogP contribution in [0, 0.1) is 5.92 Å². The van der Waals surface area contributed by atoms with Gasteiger partial charge in [0.1, 0.15) is 6.54 Å². The summed E-state index contributed by atoms with van der Waals surface area (Å²) in [5, 5.41) is 9.88. The average Bonchev–Trinajstić information content (AvgIpc) is 2.56. The molecule has 0 unspecified atom stereocenters. The van der Waals surface area contributed by atoms with E-state index in [4.69, 9.17) is 0 Å². The maximum atomic E-state index is 12.1. The topological polar surface area (TPSA) is 65.5 Å². The molecule has 0 aromatic heterocycles. The molecule has 2 aliphatic carbocycles. The van der Waals surface area contributed by atoms with Crippen LogP contribution in [0.15, 0.2) is 4.99 Å². The number of aliphatic imine (C=N–C) groups is 1. The summed E-state index contributed by atoms with van der Waals surface area (Å²) < 4.78 is 0. The summed E-state index contributed by atoms with van der Waals surface area (Å²) in [5.74, 6) is 1.67. The van der Waals surface area contributed by atoms with Gasteiger partial charge in [-0.25, -0.2) is 4.99 Å². The summed E-state index contributed by atoms with van der Waals surface area (Å²) in [7, 11) is 0. The van der Waals surface area contributed by atoms with Crippen molar-refractivity contribution in [1.82, 2.24) is 16.0 Å². The molecule has 0 radical (unpaired) electrons. The first-order chi connectivity index (χ1) is 11.2. The highest BCUT2D eigenvalue weighted by Gasteiger charge is 2.19. The number of hydrogen-bond acceptors (Lipinski definition) is 2. The Labute approximate surface area is 164 Å². The van der Waals surface area contributed by atoms with Gasteiger partial charge >= 0.3 is 0 Å². The average molecular weight is 450 g/mol. The Morgan fingerprint density at radius 3 is 2.21 bits per heavy atom. The molecule has 0 heterocycles. The molecule has 1 amide bonds. The Morgan fingerprint density at radius 2 is 1.58 bits per heavy atom. The number of amides is 1. The summed E-state index contributed by atoms with van der Waals surface area (Å²) in [6, 6.07) is 0.854. The number of rotatable bonds is 5. The third-order valence-corrected chi connectivity index (χ3v) is 5.05. The van der Waals surface area contributed by atoms with Gasteiger partial charge in [0.05, 0.1) is 0 Å². The van der Waals surface area contributed by atoms with Crippen molar-refractivity contribution in [3.8, 4) is 0 Å². The van der Waals surface area contributed by atoms with E-state index in [1.54, 1.807) is 0 Å². The van der Waals surface area contributed by atoms with Crippen LogP contribution in [0.3, 0.4) is 0 Å². The largest absolute Gasteiger partial charge is 0.357 e. The maximum absolute atomic E-state index is 12.1. The van der Waals surface area contributed by atoms with E-state index >= 15 is 0 Å². The normalized spacial score (nSPS) is 25.5. The number of nitrogens with one attached hydrogen (secondary N) is 3. The van der Waals surface area contributed by atoms with Crippen molar-refractivity contribution in [3.05, 3.63) is 0 Å². The molecule has 0 aliphatic heterocycles. The Kier molecular flexibility index (Phi) is 10.7. The second kappa shape index (κ2) is 11.9. The van der Waals surface area contributed by atoms with E-state index in [0.717, 1.165) is 31.3 Å². The van der Waals surface area contributed by atoms with Gasteiger partial charge in [-0.2, -0.15) is 0 Å². The first-order valence-corrected chi connectivity index (χ1v) is 9.51. The molecule has 0 aromatic rings. The number of guanidine groups is 1. The molecule has 140 valence electrons. The fourth-order valence-corrected chi connectivity index (χ4v) is 3.59. The standard InChI is InChI=1S/C18H34N4O.HI/c1-3-19-18(22-16-11-9-14(2)10-12-16)20-13-17(23)21-15-7-5-4-6-8-15;/h14-16H,3-13H2,1-2H3,(H,21,23)(H2,19,20,22);1H. The molecular weight excluding hydrogens is 415 g/mol. The Balaban J connectivity index is 0.00000288. The molecule has 0 bridgehead atoms. The van der Waals surface area contributed by atoms with Crippen molar-refractivity contribution in [2.45, 2.75) is 83.7 Å². The van der Waals surface area contributed by atoms with Crippen LogP contribution in [0.25, 0.3) is 0 Å². The van der Waals surface area contributed by atoms with Crippen molar-refractivity contribution in [1.29, 1.82) is 0 Å². The summed E-state index contributed by atoms with van der Waals surface area (Å²) in [6.07, 6.45) is 11.0. The summed E-state index contributed by atoms with van der Waals surface area (Å²) in [5.41, 5.74) is 0. The molecule has 2 saturated carbocycles. The van der Waals surface area contributed by atoms with Gasteiger partial charge in [-0.3, -0.25) is 4.79 Å². The predicted octanol–water partition coefficient (Wildman–Crippen LogP) is 3.19. The molecule has 5 nitrogen and oxygen atoms in total. The zero-order chi connectivity index (χ0) is 16.5. The van der Waals surface area contributed by atoms with Gasteiger partial charge in [0.15, 0.2) is 5.96 Å². The van der Waals surface area contributed by atoms with Gasteiger partial charge in [0, 0.05) is 18.6 Å². The fraction of sp³-hybridized carbons (Fsp3) is 0.889. The van der Waals surface area contributed by atoms with Crippen LogP contribution in [-0.2, 0) is 4.79 Å². The van der Waals surface area contributed by atoms with E-state index in [0.29, 0.717) is 12.1 Å². The van der Waals surface area contributed by atoms with Crippen LogP contribution in [0.4, 0.5) is 0 Å². The summed E-state index contributed by atoms with van der Waals surface area (Å²) in [6.45, 7) is 5.42. The second-order valence-electron chi connectivity index (χ2n) is 7.20. The highest BCUT2D eigenvalue weighted by molar-refractivity contribution is 14.0. The number of carbonyl (C=O) groups is 1. The predicted molar refractivity (Wildman–Crippen MR) is 111 cm³/mol. The van der Waals surface area contributed by atoms with Gasteiger partial charge in [0.25, 0.3) is 0 Å². The Hall–Kier alpha value is -0.530. The smallest absolute Gasteiger partial charge is 0.242 e. The molecule has 24 heavy (non-hydrogen) atoms. The number of nitrogens with zero attached hydrogens (tertiary/aromatic N) is 1. The van der Waals surface area contributed by atoms with E-state index in [2.05, 4.69) is 34.8 Å². The molecular formula is C18H35IN4O. The molecule has 0 atom stereocenters. The molecule has 2 rings (SSSR count). The highest BCUT2D eigenvalue weighted by Crippen LogP contribution is 2.23. The third-order valence-electron chi connectivity index (χ3n) is 5.05. The minimum absolute atomic E-state index is 0. The number of halogens is 1. The number of carbonyl (C=O) groups excluding carboxylic acids is 1. The molecule has 0 aromatic carbocycles. The van der Waals surface area contributed by atoms with Crippen LogP contribution >= 0.6 is 24.0 Å². The lowest BCUT2D eigenvalue weighted by Gasteiger charge is -2.28. The minimum atomic E-state index is 0. The van der Waals surface area contributed by atoms with Crippen molar-refractivity contribution >= 4 is 35.8 Å². The molecule has 6 heteroatoms.